The highest BCUT2D eigenvalue weighted by molar-refractivity contribution is 7.45. The Morgan fingerprint density at radius 2 is 1.45 bits per heavy atom. The molecule has 0 saturated carbocycles. The van der Waals surface area contributed by atoms with Gasteiger partial charge in [0.1, 0.15) is 19.3 Å². The molecule has 0 aliphatic carbocycles. The summed E-state index contributed by atoms with van der Waals surface area (Å²) < 4.78 is 27.0. The molecular weight excluding hydrogens is 421 g/mol. The number of ether oxygens (including phenoxy) is 1. The van der Waals surface area contributed by atoms with Gasteiger partial charge in [-0.1, -0.05) is 71.1 Å². The number of likely N-dealkylation sites (N-methyl/N-ethyl adjacent to an activating group) is 1. The number of unbranched alkanes of at least 4 members (excludes halogenated alkanes) is 10. The molecule has 8 nitrogen and oxygen atoms in total. The van der Waals surface area contributed by atoms with Crippen LogP contribution in [0.1, 0.15) is 84.0 Å². The molecule has 0 spiro atoms. The van der Waals surface area contributed by atoms with Crippen molar-refractivity contribution in [1.29, 1.82) is 0 Å². The molecule has 186 valence electrons. The molecule has 0 amide bonds. The summed E-state index contributed by atoms with van der Waals surface area (Å²) in [6.07, 6.45) is 12.3. The summed E-state index contributed by atoms with van der Waals surface area (Å²) in [5.41, 5.74) is 0. The second kappa shape index (κ2) is 18.0. The first-order valence-corrected chi connectivity index (χ1v) is 13.3. The van der Waals surface area contributed by atoms with Crippen LogP contribution < -0.4 is 4.89 Å². The maximum Gasteiger partial charge on any atom is 0.306 e. The van der Waals surface area contributed by atoms with E-state index in [-0.39, 0.29) is 13.0 Å². The number of aliphatic hydroxyl groups is 1. The van der Waals surface area contributed by atoms with Crippen molar-refractivity contribution >= 4 is 13.8 Å². The maximum atomic E-state index is 11.9. The molecule has 0 heterocycles. The van der Waals surface area contributed by atoms with Crippen LogP contribution in [0.2, 0.25) is 0 Å². The van der Waals surface area contributed by atoms with Crippen molar-refractivity contribution in [3.8, 4) is 0 Å². The van der Waals surface area contributed by atoms with Gasteiger partial charge in [0.25, 0.3) is 7.82 Å². The van der Waals surface area contributed by atoms with E-state index in [2.05, 4.69) is 6.92 Å². The highest BCUT2D eigenvalue weighted by atomic mass is 31.2. The van der Waals surface area contributed by atoms with E-state index in [0.29, 0.717) is 11.0 Å². The average Bonchev–Trinajstić information content (AvgIpc) is 2.68. The van der Waals surface area contributed by atoms with Gasteiger partial charge >= 0.3 is 5.97 Å². The highest BCUT2D eigenvalue weighted by Crippen LogP contribution is 2.38. The molecule has 0 rings (SSSR count). The molecule has 0 fully saturated rings. The van der Waals surface area contributed by atoms with Crippen LogP contribution in [0, 0.1) is 0 Å². The summed E-state index contributed by atoms with van der Waals surface area (Å²) in [5.74, 6) is -0.453. The van der Waals surface area contributed by atoms with E-state index in [1.54, 1.807) is 0 Å². The molecular formula is C22H46NO7P. The fourth-order valence-electron chi connectivity index (χ4n) is 2.94. The monoisotopic (exact) mass is 467 g/mol. The SMILES string of the molecule is CCCCCCCCCCCCCC(=O)O[C@@H](CO)COP(=O)([O-])OCC[N+](C)(C)C. The van der Waals surface area contributed by atoms with Crippen LogP contribution in [0.25, 0.3) is 0 Å². The van der Waals surface area contributed by atoms with E-state index in [1.165, 1.54) is 51.4 Å². The quantitative estimate of drug-likeness (QED) is 0.118. The molecule has 0 saturated heterocycles. The van der Waals surface area contributed by atoms with Gasteiger partial charge in [0.15, 0.2) is 0 Å². The number of carbonyl (C=O) groups is 1. The number of hydrogen-bond donors (Lipinski definition) is 1. The van der Waals surface area contributed by atoms with Crippen molar-refractivity contribution in [3.05, 3.63) is 0 Å². The largest absolute Gasteiger partial charge is 0.756 e. The molecule has 0 bridgehead atoms. The lowest BCUT2D eigenvalue weighted by Gasteiger charge is -2.28. The standard InChI is InChI=1S/C22H46NO7P/c1-5-6-7-8-9-10-11-12-13-14-15-16-22(25)30-21(19-24)20-29-31(26,27)28-18-17-23(2,3)4/h21,24H,5-20H2,1-4H3/t21-/m0/s1. The lowest BCUT2D eigenvalue weighted by Crippen LogP contribution is -2.37. The molecule has 0 aliphatic rings. The number of quaternary nitrogens is 1. The number of rotatable bonds is 21. The van der Waals surface area contributed by atoms with Crippen molar-refractivity contribution in [3.63, 3.8) is 0 Å². The second-order valence-electron chi connectivity index (χ2n) is 9.17. The van der Waals surface area contributed by atoms with Gasteiger partial charge in [-0.15, -0.1) is 0 Å². The van der Waals surface area contributed by atoms with Gasteiger partial charge in [0.05, 0.1) is 34.4 Å². The van der Waals surface area contributed by atoms with Gasteiger partial charge in [0, 0.05) is 6.42 Å². The van der Waals surface area contributed by atoms with Crippen LogP contribution in [0.15, 0.2) is 0 Å². The fourth-order valence-corrected chi connectivity index (χ4v) is 3.67. The zero-order valence-electron chi connectivity index (χ0n) is 20.2. The van der Waals surface area contributed by atoms with Crippen molar-refractivity contribution in [2.75, 3.05) is 47.5 Å². The molecule has 31 heavy (non-hydrogen) atoms. The average molecular weight is 468 g/mol. The molecule has 0 aromatic rings. The number of hydrogen-bond acceptors (Lipinski definition) is 7. The third-order valence-electron chi connectivity index (χ3n) is 4.92. The fraction of sp³-hybridized carbons (Fsp3) is 0.955. The third kappa shape index (κ3) is 21.1. The normalized spacial score (nSPS) is 14.9. The minimum atomic E-state index is -4.50. The van der Waals surface area contributed by atoms with Gasteiger partial charge in [-0.3, -0.25) is 9.36 Å². The summed E-state index contributed by atoms with van der Waals surface area (Å²) in [6.45, 7) is 1.75. The smallest absolute Gasteiger partial charge is 0.306 e. The van der Waals surface area contributed by atoms with Crippen molar-refractivity contribution in [1.82, 2.24) is 0 Å². The lowest BCUT2D eigenvalue weighted by molar-refractivity contribution is -0.870. The van der Waals surface area contributed by atoms with E-state index >= 15 is 0 Å². The summed E-state index contributed by atoms with van der Waals surface area (Å²) in [6, 6.07) is 0. The Kier molecular flexibility index (Phi) is 17.7. The van der Waals surface area contributed by atoms with Crippen LogP contribution in [0.4, 0.5) is 0 Å². The van der Waals surface area contributed by atoms with E-state index in [1.807, 2.05) is 21.1 Å². The molecule has 1 unspecified atom stereocenters. The Morgan fingerprint density at radius 1 is 0.935 bits per heavy atom. The number of esters is 1. The second-order valence-corrected chi connectivity index (χ2v) is 10.6. The van der Waals surface area contributed by atoms with Crippen molar-refractivity contribution in [2.24, 2.45) is 0 Å². The summed E-state index contributed by atoms with van der Waals surface area (Å²) >= 11 is 0. The number of phosphoric ester groups is 1. The van der Waals surface area contributed by atoms with Crippen LogP contribution in [0.5, 0.6) is 0 Å². The Balaban J connectivity index is 3.81. The Labute approximate surface area is 189 Å². The Hall–Kier alpha value is -0.500. The lowest BCUT2D eigenvalue weighted by atomic mass is 10.1. The van der Waals surface area contributed by atoms with Gasteiger partial charge in [-0.2, -0.15) is 0 Å². The van der Waals surface area contributed by atoms with Crippen molar-refractivity contribution < 1.29 is 37.6 Å². The van der Waals surface area contributed by atoms with E-state index in [9.17, 15) is 19.4 Å². The van der Waals surface area contributed by atoms with E-state index < -0.39 is 33.1 Å². The molecule has 0 aromatic heterocycles. The number of phosphoric acid groups is 1. The zero-order valence-corrected chi connectivity index (χ0v) is 21.1. The molecule has 2 atom stereocenters. The number of aliphatic hydroxyl groups excluding tert-OH is 1. The predicted octanol–water partition coefficient (Wildman–Crippen LogP) is 3.80. The minimum Gasteiger partial charge on any atom is -0.756 e. The van der Waals surface area contributed by atoms with Crippen LogP contribution in [0.3, 0.4) is 0 Å². The van der Waals surface area contributed by atoms with Gasteiger partial charge in [-0.05, 0) is 6.42 Å². The third-order valence-corrected chi connectivity index (χ3v) is 5.88. The maximum absolute atomic E-state index is 11.9. The summed E-state index contributed by atoms with van der Waals surface area (Å²) in [5, 5.41) is 9.32. The molecule has 0 aromatic carbocycles. The molecule has 0 radical (unpaired) electrons. The minimum absolute atomic E-state index is 0.00723. The van der Waals surface area contributed by atoms with Crippen LogP contribution in [-0.4, -0.2) is 69.2 Å². The topological polar surface area (TPSA) is 105 Å². The first-order chi connectivity index (χ1) is 14.6. The van der Waals surface area contributed by atoms with E-state index in [0.717, 1.165) is 19.3 Å². The number of carbonyl (C=O) groups excluding carboxylic acids is 1. The first-order valence-electron chi connectivity index (χ1n) is 11.8. The molecule has 9 heteroatoms. The predicted molar refractivity (Wildman–Crippen MR) is 120 cm³/mol. The first kappa shape index (κ1) is 30.5. The Morgan fingerprint density at radius 3 is 1.94 bits per heavy atom. The van der Waals surface area contributed by atoms with Crippen LogP contribution in [-0.2, 0) is 23.1 Å². The molecule has 1 N–H and O–H groups in total. The molecule has 0 aliphatic heterocycles. The highest BCUT2D eigenvalue weighted by Gasteiger charge is 2.19. The van der Waals surface area contributed by atoms with Gasteiger partial charge < -0.3 is 28.3 Å². The summed E-state index contributed by atoms with van der Waals surface area (Å²) in [4.78, 5) is 23.7. The van der Waals surface area contributed by atoms with Crippen LogP contribution >= 0.6 is 7.82 Å². The summed E-state index contributed by atoms with van der Waals surface area (Å²) in [7, 11) is 1.24. The van der Waals surface area contributed by atoms with E-state index in [4.69, 9.17) is 13.8 Å². The van der Waals surface area contributed by atoms with Crippen molar-refractivity contribution in [2.45, 2.75) is 90.1 Å². The van der Waals surface area contributed by atoms with Gasteiger partial charge in [0.2, 0.25) is 0 Å². The Bertz CT molecular complexity index is 497. The van der Waals surface area contributed by atoms with Gasteiger partial charge in [-0.25, -0.2) is 0 Å². The number of nitrogens with zero attached hydrogens (tertiary/aromatic N) is 1. The zero-order chi connectivity index (χ0) is 23.6.